The average molecular weight is 184 g/mol. The lowest BCUT2D eigenvalue weighted by molar-refractivity contribution is 0.669. The van der Waals surface area contributed by atoms with Gasteiger partial charge in [0.05, 0.1) is 12.1 Å². The van der Waals surface area contributed by atoms with Gasteiger partial charge in [0.15, 0.2) is 0 Å². The molecule has 0 fully saturated rings. The Morgan fingerprint density at radius 2 is 1.57 bits per heavy atom. The highest BCUT2D eigenvalue weighted by Gasteiger charge is 2.17. The van der Waals surface area contributed by atoms with Crippen LogP contribution in [0.1, 0.15) is 24.0 Å². The fourth-order valence-electron chi connectivity index (χ4n) is 1.31. The van der Waals surface area contributed by atoms with Crippen LogP contribution in [0.5, 0.6) is 0 Å². The lowest BCUT2D eigenvalue weighted by Gasteiger charge is -2.11. The standard InChI is InChI=1S/C12H12N2/c1-9-3-5-11(6-4-9)10(2)12(7-13)8-14/h3-6,10,12H,1-2H3. The van der Waals surface area contributed by atoms with Gasteiger partial charge >= 0.3 is 0 Å². The van der Waals surface area contributed by atoms with Crippen LogP contribution in [0.2, 0.25) is 0 Å². The van der Waals surface area contributed by atoms with Crippen molar-refractivity contribution in [1.29, 1.82) is 10.5 Å². The third-order valence-corrected chi connectivity index (χ3v) is 2.38. The van der Waals surface area contributed by atoms with Gasteiger partial charge in [-0.1, -0.05) is 36.8 Å². The average Bonchev–Trinajstić information content (AvgIpc) is 2.20. The summed E-state index contributed by atoms with van der Waals surface area (Å²) >= 11 is 0. The summed E-state index contributed by atoms with van der Waals surface area (Å²) in [4.78, 5) is 0. The van der Waals surface area contributed by atoms with E-state index in [9.17, 15) is 0 Å². The van der Waals surface area contributed by atoms with Crippen LogP contribution >= 0.6 is 0 Å². The Balaban J connectivity index is 2.91. The summed E-state index contributed by atoms with van der Waals surface area (Å²) in [5.74, 6) is -0.580. The molecule has 0 aliphatic rings. The van der Waals surface area contributed by atoms with Gasteiger partial charge in [0.25, 0.3) is 0 Å². The number of benzene rings is 1. The fraction of sp³-hybridized carbons (Fsp3) is 0.333. The molecule has 0 radical (unpaired) electrons. The van der Waals surface area contributed by atoms with Gasteiger partial charge in [-0.2, -0.15) is 10.5 Å². The highest BCUT2D eigenvalue weighted by Crippen LogP contribution is 2.23. The second-order valence-corrected chi connectivity index (χ2v) is 3.44. The molecule has 1 aromatic carbocycles. The molecule has 2 nitrogen and oxygen atoms in total. The Hall–Kier alpha value is -1.80. The summed E-state index contributed by atoms with van der Waals surface area (Å²) in [6.07, 6.45) is 0. The first-order valence-corrected chi connectivity index (χ1v) is 4.55. The van der Waals surface area contributed by atoms with Crippen LogP contribution in [-0.2, 0) is 0 Å². The Labute approximate surface area is 84.4 Å². The minimum atomic E-state index is -0.558. The Morgan fingerprint density at radius 3 is 2.00 bits per heavy atom. The molecule has 0 heterocycles. The van der Waals surface area contributed by atoms with Gasteiger partial charge in [-0.25, -0.2) is 0 Å². The second-order valence-electron chi connectivity index (χ2n) is 3.44. The number of hydrogen-bond donors (Lipinski definition) is 0. The molecule has 0 amide bonds. The molecule has 2 heteroatoms. The molecule has 1 unspecified atom stereocenters. The summed E-state index contributed by atoms with van der Waals surface area (Å²) in [6.45, 7) is 3.92. The van der Waals surface area contributed by atoms with E-state index in [1.165, 1.54) is 5.56 Å². The lowest BCUT2D eigenvalue weighted by atomic mass is 9.89. The molecule has 0 aliphatic heterocycles. The molecule has 0 aromatic heterocycles. The molecule has 0 bridgehead atoms. The first-order chi connectivity index (χ1) is 6.69. The van der Waals surface area contributed by atoms with E-state index in [1.807, 2.05) is 50.3 Å². The summed E-state index contributed by atoms with van der Waals surface area (Å²) < 4.78 is 0. The van der Waals surface area contributed by atoms with Gasteiger partial charge in [-0.3, -0.25) is 0 Å². The van der Waals surface area contributed by atoms with Crippen LogP contribution in [0.4, 0.5) is 0 Å². The monoisotopic (exact) mass is 184 g/mol. The molecule has 70 valence electrons. The van der Waals surface area contributed by atoms with Gasteiger partial charge < -0.3 is 0 Å². The zero-order valence-electron chi connectivity index (χ0n) is 8.36. The molecule has 1 atom stereocenters. The smallest absolute Gasteiger partial charge is 0.139 e. The minimum Gasteiger partial charge on any atom is -0.197 e. The molecule has 0 aliphatic carbocycles. The molecular weight excluding hydrogens is 172 g/mol. The predicted octanol–water partition coefficient (Wildman–Crippen LogP) is 2.76. The number of nitriles is 2. The SMILES string of the molecule is Cc1ccc(C(C)C(C#N)C#N)cc1. The van der Waals surface area contributed by atoms with Crippen molar-refractivity contribution < 1.29 is 0 Å². The first kappa shape index (κ1) is 10.3. The molecule has 1 aromatic rings. The van der Waals surface area contributed by atoms with Crippen molar-refractivity contribution in [3.8, 4) is 12.1 Å². The molecule has 0 N–H and O–H groups in total. The van der Waals surface area contributed by atoms with E-state index in [1.54, 1.807) is 0 Å². The molecule has 0 spiro atoms. The highest BCUT2D eigenvalue weighted by molar-refractivity contribution is 5.27. The maximum absolute atomic E-state index is 8.74. The van der Waals surface area contributed by atoms with E-state index >= 15 is 0 Å². The Kier molecular flexibility index (Phi) is 3.26. The van der Waals surface area contributed by atoms with E-state index in [0.29, 0.717) is 0 Å². The number of nitrogens with zero attached hydrogens (tertiary/aromatic N) is 2. The maximum Gasteiger partial charge on any atom is 0.139 e. The summed E-state index contributed by atoms with van der Waals surface area (Å²) in [7, 11) is 0. The number of rotatable bonds is 2. The summed E-state index contributed by atoms with van der Waals surface area (Å²) in [6, 6.07) is 12.0. The van der Waals surface area contributed by atoms with Crippen LogP contribution in [0, 0.1) is 35.5 Å². The summed E-state index contributed by atoms with van der Waals surface area (Å²) in [5, 5.41) is 17.5. The van der Waals surface area contributed by atoms with Crippen LogP contribution in [-0.4, -0.2) is 0 Å². The van der Waals surface area contributed by atoms with Crippen LogP contribution < -0.4 is 0 Å². The largest absolute Gasteiger partial charge is 0.197 e. The zero-order chi connectivity index (χ0) is 10.6. The normalized spacial score (nSPS) is 11.8. The Bertz CT molecular complexity index is 364. The lowest BCUT2D eigenvalue weighted by Crippen LogP contribution is -2.05. The van der Waals surface area contributed by atoms with Crippen LogP contribution in [0.15, 0.2) is 24.3 Å². The third-order valence-electron chi connectivity index (χ3n) is 2.38. The van der Waals surface area contributed by atoms with E-state index in [2.05, 4.69) is 0 Å². The van der Waals surface area contributed by atoms with Gasteiger partial charge in [0, 0.05) is 5.92 Å². The molecule has 0 saturated heterocycles. The van der Waals surface area contributed by atoms with Gasteiger partial charge in [-0.15, -0.1) is 0 Å². The summed E-state index contributed by atoms with van der Waals surface area (Å²) in [5.41, 5.74) is 2.23. The second kappa shape index (κ2) is 4.44. The van der Waals surface area contributed by atoms with Crippen molar-refractivity contribution in [1.82, 2.24) is 0 Å². The predicted molar refractivity (Wildman–Crippen MR) is 54.3 cm³/mol. The van der Waals surface area contributed by atoms with E-state index < -0.39 is 5.92 Å². The maximum atomic E-state index is 8.74. The van der Waals surface area contributed by atoms with Gasteiger partial charge in [-0.05, 0) is 12.5 Å². The van der Waals surface area contributed by atoms with Crippen molar-refractivity contribution in [2.75, 3.05) is 0 Å². The van der Waals surface area contributed by atoms with E-state index in [0.717, 1.165) is 5.56 Å². The molecular formula is C12H12N2. The molecule has 0 saturated carbocycles. The number of hydrogen-bond acceptors (Lipinski definition) is 2. The number of aryl methyl sites for hydroxylation is 1. The zero-order valence-corrected chi connectivity index (χ0v) is 8.36. The van der Waals surface area contributed by atoms with Crippen molar-refractivity contribution in [2.45, 2.75) is 19.8 Å². The first-order valence-electron chi connectivity index (χ1n) is 4.55. The van der Waals surface area contributed by atoms with Crippen molar-refractivity contribution in [3.05, 3.63) is 35.4 Å². The van der Waals surface area contributed by atoms with Crippen molar-refractivity contribution in [3.63, 3.8) is 0 Å². The third kappa shape index (κ3) is 2.12. The van der Waals surface area contributed by atoms with Crippen LogP contribution in [0.25, 0.3) is 0 Å². The van der Waals surface area contributed by atoms with Crippen LogP contribution in [0.3, 0.4) is 0 Å². The Morgan fingerprint density at radius 1 is 1.07 bits per heavy atom. The fourth-order valence-corrected chi connectivity index (χ4v) is 1.31. The van der Waals surface area contributed by atoms with E-state index in [-0.39, 0.29) is 5.92 Å². The highest BCUT2D eigenvalue weighted by atomic mass is 14.3. The minimum absolute atomic E-state index is 0.0226. The topological polar surface area (TPSA) is 47.6 Å². The van der Waals surface area contributed by atoms with Gasteiger partial charge in [0.1, 0.15) is 5.92 Å². The molecule has 14 heavy (non-hydrogen) atoms. The van der Waals surface area contributed by atoms with Crippen molar-refractivity contribution in [2.24, 2.45) is 5.92 Å². The van der Waals surface area contributed by atoms with Crippen molar-refractivity contribution >= 4 is 0 Å². The van der Waals surface area contributed by atoms with Gasteiger partial charge in [0.2, 0.25) is 0 Å². The van der Waals surface area contributed by atoms with E-state index in [4.69, 9.17) is 10.5 Å². The quantitative estimate of drug-likeness (QED) is 0.709. The molecule has 1 rings (SSSR count).